The molecule has 1 aliphatic heterocycles. The third-order valence-corrected chi connectivity index (χ3v) is 4.52. The van der Waals surface area contributed by atoms with Crippen LogP contribution in [-0.2, 0) is 11.2 Å². The lowest BCUT2D eigenvalue weighted by molar-refractivity contribution is -0.383. The van der Waals surface area contributed by atoms with Crippen molar-refractivity contribution < 1.29 is 14.8 Å². The van der Waals surface area contributed by atoms with Crippen LogP contribution >= 0.6 is 0 Å². The van der Waals surface area contributed by atoms with Crippen molar-refractivity contribution in [3.8, 4) is 0 Å². The zero-order valence-corrected chi connectivity index (χ0v) is 15.3. The molecule has 1 aliphatic rings. The molecular formula is C20H33N2O2+. The highest BCUT2D eigenvalue weighted by Gasteiger charge is 2.17. The molecule has 1 atom stereocenters. The number of benzene rings is 1. The largest absolute Gasteiger partial charge is 0.551 e. The summed E-state index contributed by atoms with van der Waals surface area (Å²) in [6.45, 7) is 7.37. The SMILES string of the molecule is CCCCCc1cccc([NH+]=C(O)O[C@@H](C)CN2CCCCC2)c1. The summed E-state index contributed by atoms with van der Waals surface area (Å²) in [7, 11) is 0. The maximum absolute atomic E-state index is 10.1. The zero-order valence-electron chi connectivity index (χ0n) is 15.3. The Hall–Kier alpha value is -1.55. The highest BCUT2D eigenvalue weighted by atomic mass is 16.6. The number of aliphatic hydroxyl groups excluding tert-OH is 1. The van der Waals surface area contributed by atoms with Crippen molar-refractivity contribution in [2.75, 3.05) is 19.6 Å². The van der Waals surface area contributed by atoms with Crippen LogP contribution in [0.4, 0.5) is 5.69 Å². The minimum absolute atomic E-state index is 0.0247. The van der Waals surface area contributed by atoms with Gasteiger partial charge in [0.25, 0.3) is 0 Å². The molecule has 1 saturated heterocycles. The van der Waals surface area contributed by atoms with E-state index in [0.29, 0.717) is 0 Å². The average molecular weight is 333 g/mol. The number of likely N-dealkylation sites (tertiary alicyclic amines) is 1. The van der Waals surface area contributed by atoms with Crippen LogP contribution in [0.3, 0.4) is 0 Å². The Morgan fingerprint density at radius 2 is 2.04 bits per heavy atom. The number of hydrogen-bond acceptors (Lipinski definition) is 2. The fourth-order valence-corrected chi connectivity index (χ4v) is 3.27. The van der Waals surface area contributed by atoms with Crippen molar-refractivity contribution in [1.29, 1.82) is 0 Å². The number of nitrogens with zero attached hydrogens (tertiary/aromatic N) is 1. The molecule has 1 fully saturated rings. The summed E-state index contributed by atoms with van der Waals surface area (Å²) < 4.78 is 5.61. The van der Waals surface area contributed by atoms with Gasteiger partial charge in [0, 0.05) is 18.7 Å². The molecule has 1 heterocycles. The number of aryl methyl sites for hydroxylation is 1. The van der Waals surface area contributed by atoms with Crippen LogP contribution in [-0.4, -0.2) is 41.8 Å². The van der Waals surface area contributed by atoms with Crippen LogP contribution in [0.1, 0.15) is 57.9 Å². The van der Waals surface area contributed by atoms with Crippen LogP contribution in [0.15, 0.2) is 24.3 Å². The van der Waals surface area contributed by atoms with Crippen LogP contribution in [0.5, 0.6) is 0 Å². The first-order valence-corrected chi connectivity index (χ1v) is 9.48. The molecule has 0 radical (unpaired) electrons. The molecule has 134 valence electrons. The van der Waals surface area contributed by atoms with Crippen molar-refractivity contribution in [3.63, 3.8) is 0 Å². The Bertz CT molecular complexity index is 510. The number of rotatable bonds is 8. The third-order valence-electron chi connectivity index (χ3n) is 4.52. The standard InChI is InChI=1S/C20H32N2O2/c1-3-4-6-10-18-11-9-12-19(15-18)21-20(23)24-17(2)16-22-13-7-5-8-14-22/h9,11-12,15,17H,3-8,10,13-14,16H2,1-2H3,(H,21,23)/p+1/t17-/m0/s1. The van der Waals surface area contributed by atoms with Gasteiger partial charge in [0.15, 0.2) is 0 Å². The van der Waals surface area contributed by atoms with Gasteiger partial charge < -0.3 is 9.84 Å². The van der Waals surface area contributed by atoms with E-state index >= 15 is 0 Å². The van der Waals surface area contributed by atoms with Gasteiger partial charge in [-0.05, 0) is 51.3 Å². The fourth-order valence-electron chi connectivity index (χ4n) is 3.27. The smallest absolute Gasteiger partial charge is 0.430 e. The quantitative estimate of drug-likeness (QED) is 0.437. The molecule has 2 N–H and O–H groups in total. The Kier molecular flexibility index (Phi) is 8.10. The Labute approximate surface area is 146 Å². The second-order valence-electron chi connectivity index (χ2n) is 6.88. The third kappa shape index (κ3) is 6.91. The van der Waals surface area contributed by atoms with Gasteiger partial charge in [0.1, 0.15) is 6.10 Å². The maximum atomic E-state index is 10.1. The summed E-state index contributed by atoms with van der Waals surface area (Å²) in [4.78, 5) is 5.38. The van der Waals surface area contributed by atoms with Gasteiger partial charge in [0.05, 0.1) is 0 Å². The Morgan fingerprint density at radius 1 is 1.25 bits per heavy atom. The molecule has 0 amide bonds. The lowest BCUT2D eigenvalue weighted by atomic mass is 10.1. The van der Waals surface area contributed by atoms with E-state index in [0.717, 1.165) is 31.7 Å². The lowest BCUT2D eigenvalue weighted by Gasteiger charge is -2.28. The van der Waals surface area contributed by atoms with Crippen LogP contribution < -0.4 is 4.99 Å². The number of unbranched alkanes of at least 4 members (excludes halogenated alkanes) is 2. The van der Waals surface area contributed by atoms with Gasteiger partial charge in [-0.25, -0.2) is 0 Å². The van der Waals surface area contributed by atoms with Crippen molar-refractivity contribution in [2.24, 2.45) is 0 Å². The predicted octanol–water partition coefficient (Wildman–Crippen LogP) is 2.94. The zero-order chi connectivity index (χ0) is 17.2. The van der Waals surface area contributed by atoms with Crippen molar-refractivity contribution in [1.82, 2.24) is 4.90 Å². The van der Waals surface area contributed by atoms with E-state index in [1.807, 2.05) is 19.1 Å². The first kappa shape index (κ1) is 18.8. The molecule has 1 aromatic carbocycles. The van der Waals surface area contributed by atoms with E-state index in [9.17, 15) is 5.11 Å². The van der Waals surface area contributed by atoms with E-state index in [-0.39, 0.29) is 12.2 Å². The summed E-state index contributed by atoms with van der Waals surface area (Å²) in [5, 5.41) is 10.1. The minimum Gasteiger partial charge on any atom is -0.430 e. The van der Waals surface area contributed by atoms with E-state index in [4.69, 9.17) is 4.74 Å². The molecule has 24 heavy (non-hydrogen) atoms. The van der Waals surface area contributed by atoms with Gasteiger partial charge in [-0.3, -0.25) is 4.90 Å². The molecule has 0 aliphatic carbocycles. The first-order valence-electron chi connectivity index (χ1n) is 9.48. The molecule has 0 unspecified atom stereocenters. The van der Waals surface area contributed by atoms with Crippen molar-refractivity contribution in [2.45, 2.75) is 64.9 Å². The Morgan fingerprint density at radius 3 is 2.79 bits per heavy atom. The number of aliphatic hydroxyl groups is 1. The monoisotopic (exact) mass is 333 g/mol. The normalized spacial score (nSPS) is 17.7. The molecule has 1 aromatic rings. The van der Waals surface area contributed by atoms with Gasteiger partial charge >= 0.3 is 6.08 Å². The molecule has 0 aromatic heterocycles. The highest BCUT2D eigenvalue weighted by Crippen LogP contribution is 2.11. The number of hydrogen-bond donors (Lipinski definition) is 2. The van der Waals surface area contributed by atoms with E-state index in [1.54, 1.807) is 0 Å². The minimum atomic E-state index is -0.106. The summed E-state index contributed by atoms with van der Waals surface area (Å²) in [5.74, 6) is 0. The Balaban J connectivity index is 1.83. The van der Waals surface area contributed by atoms with Gasteiger partial charge in [0.2, 0.25) is 5.69 Å². The molecule has 4 nitrogen and oxygen atoms in total. The van der Waals surface area contributed by atoms with Gasteiger partial charge in [-0.2, -0.15) is 0 Å². The van der Waals surface area contributed by atoms with Gasteiger partial charge in [-0.15, -0.1) is 4.99 Å². The lowest BCUT2D eigenvalue weighted by Crippen LogP contribution is -2.67. The van der Waals surface area contributed by atoms with E-state index in [2.05, 4.69) is 28.9 Å². The second-order valence-corrected chi connectivity index (χ2v) is 6.88. The number of piperidine rings is 1. The number of nitrogens with one attached hydrogen (secondary N) is 1. The first-order chi connectivity index (χ1) is 11.7. The topological polar surface area (TPSA) is 46.7 Å². The molecule has 0 spiro atoms. The van der Waals surface area contributed by atoms with Crippen LogP contribution in [0.25, 0.3) is 0 Å². The molecule has 0 saturated carbocycles. The van der Waals surface area contributed by atoms with Crippen molar-refractivity contribution in [3.05, 3.63) is 29.8 Å². The average Bonchev–Trinajstić information content (AvgIpc) is 2.56. The van der Waals surface area contributed by atoms with Crippen LogP contribution in [0, 0.1) is 0 Å². The summed E-state index contributed by atoms with van der Waals surface area (Å²) in [5.41, 5.74) is 2.18. The maximum Gasteiger partial charge on any atom is 0.551 e. The summed E-state index contributed by atoms with van der Waals surface area (Å²) in [6, 6.07) is 8.20. The van der Waals surface area contributed by atoms with E-state index < -0.39 is 0 Å². The molecule has 4 heteroatoms. The summed E-state index contributed by atoms with van der Waals surface area (Å²) >= 11 is 0. The van der Waals surface area contributed by atoms with Crippen LogP contribution in [0.2, 0.25) is 0 Å². The van der Waals surface area contributed by atoms with E-state index in [1.165, 1.54) is 44.1 Å². The molecule has 0 bridgehead atoms. The molecular weight excluding hydrogens is 300 g/mol. The second kappa shape index (κ2) is 10.3. The number of ether oxygens (including phenoxy) is 1. The summed E-state index contributed by atoms with van der Waals surface area (Å²) in [6.07, 6.45) is 8.51. The predicted molar refractivity (Wildman–Crippen MR) is 98.8 cm³/mol. The highest BCUT2D eigenvalue weighted by molar-refractivity contribution is 5.59. The van der Waals surface area contributed by atoms with Crippen molar-refractivity contribution >= 4 is 11.8 Å². The fraction of sp³-hybridized carbons (Fsp3) is 0.650. The molecule has 2 rings (SSSR count). The van der Waals surface area contributed by atoms with Gasteiger partial charge in [-0.1, -0.05) is 38.3 Å².